The van der Waals surface area contributed by atoms with Crippen molar-refractivity contribution < 1.29 is 0 Å². The van der Waals surface area contributed by atoms with E-state index in [9.17, 15) is 0 Å². The van der Waals surface area contributed by atoms with Gasteiger partial charge in [0.2, 0.25) is 8.25 Å². The molecule has 16 heavy (non-hydrogen) atoms. The number of hydrogen-bond acceptors (Lipinski definition) is 3. The van der Waals surface area contributed by atoms with E-state index < -0.39 is 8.25 Å². The molecule has 1 aliphatic heterocycles. The fourth-order valence-electron chi connectivity index (χ4n) is 1.08. The fraction of sp³-hybridized carbons (Fsp3) is 0.857. The summed E-state index contributed by atoms with van der Waals surface area (Å²) < 4.78 is -3.57. The molecule has 3 nitrogen and oxygen atoms in total. The third-order valence-corrected chi connectivity index (χ3v) is 5.17. The van der Waals surface area contributed by atoms with E-state index in [1.54, 1.807) is 5.01 Å². The largest absolute Gasteiger partial charge is 0.294 e. The van der Waals surface area contributed by atoms with Crippen LogP contribution in [0.15, 0.2) is 5.10 Å². The summed E-state index contributed by atoms with van der Waals surface area (Å²) in [4.78, 5) is 1.42. The SMILES string of the molecule is CC(C)N1N=CN(C(Cl)(Cl)C(Cl)(Cl)Cl)C1Br. The van der Waals surface area contributed by atoms with Crippen LogP contribution in [0.5, 0.6) is 0 Å². The van der Waals surface area contributed by atoms with Gasteiger partial charge in [0.1, 0.15) is 6.34 Å². The second kappa shape index (κ2) is 5.06. The molecule has 0 saturated carbocycles. The van der Waals surface area contributed by atoms with Crippen molar-refractivity contribution in [2.45, 2.75) is 33.2 Å². The van der Waals surface area contributed by atoms with E-state index in [0.717, 1.165) is 0 Å². The van der Waals surface area contributed by atoms with Gasteiger partial charge in [-0.3, -0.25) is 9.91 Å². The smallest absolute Gasteiger partial charge is 0.241 e. The molecule has 94 valence electrons. The maximum Gasteiger partial charge on any atom is 0.241 e. The van der Waals surface area contributed by atoms with Gasteiger partial charge >= 0.3 is 0 Å². The van der Waals surface area contributed by atoms with Gasteiger partial charge in [0.05, 0.1) is 0 Å². The van der Waals surface area contributed by atoms with Gasteiger partial charge in [-0.05, 0) is 29.8 Å². The third-order valence-electron chi connectivity index (χ3n) is 1.95. The quantitative estimate of drug-likeness (QED) is 0.520. The van der Waals surface area contributed by atoms with Crippen molar-refractivity contribution in [3.8, 4) is 0 Å². The van der Waals surface area contributed by atoms with Crippen molar-refractivity contribution in [3.63, 3.8) is 0 Å². The molecule has 0 N–H and O–H groups in total. The Morgan fingerprint density at radius 1 is 1.25 bits per heavy atom. The van der Waals surface area contributed by atoms with Gasteiger partial charge in [-0.25, -0.2) is 0 Å². The molecular formula is C7H9BrCl5N3. The van der Waals surface area contributed by atoms with Crippen LogP contribution in [-0.4, -0.2) is 35.6 Å². The first kappa shape index (κ1) is 15.3. The van der Waals surface area contributed by atoms with Crippen molar-refractivity contribution in [3.05, 3.63) is 0 Å². The Morgan fingerprint density at radius 3 is 2.06 bits per heavy atom. The van der Waals surface area contributed by atoms with E-state index in [4.69, 9.17) is 58.0 Å². The van der Waals surface area contributed by atoms with Crippen LogP contribution in [0.1, 0.15) is 13.8 Å². The predicted molar refractivity (Wildman–Crippen MR) is 74.7 cm³/mol. The summed E-state index contributed by atoms with van der Waals surface area (Å²) in [5.41, 5.74) is 0. The van der Waals surface area contributed by atoms with Gasteiger partial charge in [0.15, 0.2) is 5.08 Å². The summed E-state index contributed by atoms with van der Waals surface area (Å²) in [6, 6.07) is 0.158. The lowest BCUT2D eigenvalue weighted by atomic mass is 10.4. The molecule has 1 heterocycles. The van der Waals surface area contributed by atoms with Crippen molar-refractivity contribution in [2.75, 3.05) is 0 Å². The normalized spacial score (nSPS) is 22.4. The first-order chi connectivity index (χ1) is 7.09. The predicted octanol–water partition coefficient (Wildman–Crippen LogP) is 4.14. The van der Waals surface area contributed by atoms with E-state index >= 15 is 0 Å². The second-order valence-electron chi connectivity index (χ2n) is 3.46. The summed E-state index contributed by atoms with van der Waals surface area (Å²) in [5.74, 6) is 0. The van der Waals surface area contributed by atoms with Crippen molar-refractivity contribution in [1.82, 2.24) is 9.91 Å². The van der Waals surface area contributed by atoms with Gasteiger partial charge in [0, 0.05) is 6.04 Å². The molecule has 1 aliphatic rings. The lowest BCUT2D eigenvalue weighted by Gasteiger charge is -2.39. The Bertz CT molecular complexity index is 290. The zero-order valence-electron chi connectivity index (χ0n) is 8.34. The molecule has 9 heteroatoms. The van der Waals surface area contributed by atoms with E-state index in [2.05, 4.69) is 21.0 Å². The Balaban J connectivity index is 2.90. The molecule has 0 amide bonds. The van der Waals surface area contributed by atoms with Gasteiger partial charge in [-0.2, -0.15) is 5.10 Å². The minimum atomic E-state index is -1.86. The lowest BCUT2D eigenvalue weighted by Crippen LogP contribution is -2.52. The molecule has 0 radical (unpaired) electrons. The fourth-order valence-corrected chi connectivity index (χ4v) is 2.88. The number of rotatable bonds is 2. The number of nitrogens with zero attached hydrogens (tertiary/aromatic N) is 3. The third kappa shape index (κ3) is 2.78. The molecule has 1 rings (SSSR count). The molecule has 0 fully saturated rings. The number of hydrazone groups is 1. The van der Waals surface area contributed by atoms with Crippen LogP contribution in [0, 0.1) is 0 Å². The highest BCUT2D eigenvalue weighted by Gasteiger charge is 2.54. The Hall–Kier alpha value is 1.20. The van der Waals surface area contributed by atoms with Crippen LogP contribution >= 0.6 is 73.9 Å². The van der Waals surface area contributed by atoms with Gasteiger partial charge in [0.25, 0.3) is 0 Å². The van der Waals surface area contributed by atoms with E-state index in [1.165, 1.54) is 11.2 Å². The van der Waals surface area contributed by atoms with Crippen LogP contribution in [0.25, 0.3) is 0 Å². The van der Waals surface area contributed by atoms with Crippen molar-refractivity contribution in [1.29, 1.82) is 0 Å². The molecule has 0 aromatic heterocycles. The monoisotopic (exact) mass is 389 g/mol. The highest BCUT2D eigenvalue weighted by atomic mass is 79.9. The zero-order chi connectivity index (χ0) is 12.7. The average molecular weight is 392 g/mol. The van der Waals surface area contributed by atoms with E-state index in [-0.39, 0.29) is 11.1 Å². The summed E-state index contributed by atoms with van der Waals surface area (Å²) in [6.45, 7) is 3.93. The van der Waals surface area contributed by atoms with Gasteiger partial charge in [-0.1, -0.05) is 58.0 Å². The van der Waals surface area contributed by atoms with Crippen molar-refractivity contribution >= 4 is 80.3 Å². The summed E-state index contributed by atoms with van der Waals surface area (Å²) in [6.07, 6.45) is 1.43. The zero-order valence-corrected chi connectivity index (χ0v) is 13.7. The lowest BCUT2D eigenvalue weighted by molar-refractivity contribution is 0.156. The van der Waals surface area contributed by atoms with Crippen LogP contribution in [0.3, 0.4) is 0 Å². The number of alkyl halides is 6. The summed E-state index contributed by atoms with van der Waals surface area (Å²) in [7, 11) is 0. The Kier molecular flexibility index (Phi) is 4.82. The Morgan fingerprint density at radius 2 is 1.75 bits per heavy atom. The maximum atomic E-state index is 6.03. The molecular weight excluding hydrogens is 383 g/mol. The number of hydrogen-bond donors (Lipinski definition) is 0. The topological polar surface area (TPSA) is 18.8 Å². The van der Waals surface area contributed by atoms with Crippen LogP contribution in [-0.2, 0) is 0 Å². The molecule has 1 atom stereocenters. The molecule has 0 bridgehead atoms. The van der Waals surface area contributed by atoms with Crippen LogP contribution < -0.4 is 0 Å². The van der Waals surface area contributed by atoms with Crippen LogP contribution in [0.4, 0.5) is 0 Å². The molecule has 0 aromatic carbocycles. The molecule has 0 saturated heterocycles. The second-order valence-corrected chi connectivity index (χ2v) is 7.85. The van der Waals surface area contributed by atoms with E-state index in [1.807, 2.05) is 13.8 Å². The van der Waals surface area contributed by atoms with Gasteiger partial charge < -0.3 is 0 Å². The number of halogens is 6. The van der Waals surface area contributed by atoms with Crippen LogP contribution in [0.2, 0.25) is 0 Å². The maximum absolute atomic E-state index is 6.03. The van der Waals surface area contributed by atoms with Crippen molar-refractivity contribution in [2.24, 2.45) is 5.10 Å². The molecule has 0 spiro atoms. The highest BCUT2D eigenvalue weighted by Crippen LogP contribution is 2.50. The standard InChI is InChI=1S/C7H9BrCl5N3/c1-4(2)16-5(8)15(3-14-16)7(12,13)6(9,10)11/h3-5H,1-2H3. The van der Waals surface area contributed by atoms with E-state index in [0.29, 0.717) is 0 Å². The minimum Gasteiger partial charge on any atom is -0.294 e. The summed E-state index contributed by atoms with van der Waals surface area (Å²) >= 11 is 32.6. The van der Waals surface area contributed by atoms with Gasteiger partial charge in [-0.15, -0.1) is 0 Å². The highest BCUT2D eigenvalue weighted by molar-refractivity contribution is 9.09. The minimum absolute atomic E-state index is 0.158. The Labute approximate surface area is 128 Å². The first-order valence-corrected chi connectivity index (χ1v) is 7.09. The molecule has 1 unspecified atom stereocenters. The summed E-state index contributed by atoms with van der Waals surface area (Å²) in [5, 5.41) is 5.49. The first-order valence-electron chi connectivity index (χ1n) is 4.28. The average Bonchev–Trinajstić information content (AvgIpc) is 2.44. The molecule has 0 aromatic rings. The molecule has 0 aliphatic carbocycles.